The normalized spacial score (nSPS) is 13.4. The average molecular weight is 525 g/mol. The third kappa shape index (κ3) is 4.29. The number of hydrogen-bond donors (Lipinski definition) is 1. The summed E-state index contributed by atoms with van der Waals surface area (Å²) in [7, 11) is 2.81. The Morgan fingerprint density at radius 1 is 1.19 bits per heavy atom. The van der Waals surface area contributed by atoms with Crippen LogP contribution >= 0.6 is 22.7 Å². The molecule has 36 heavy (non-hydrogen) atoms. The number of amides is 1. The second kappa shape index (κ2) is 9.84. The number of nitrogens with one attached hydrogen (secondary N) is 1. The minimum absolute atomic E-state index is 0.102. The standard InChI is InChI=1S/C25H24N4O5S2/c1-4-28-10-9-14-21(13-28)36-25(22(14)24-26-16-7-5-6-8-20(16)35-24)27-23(30)15-11-18(33-2)19(34-3)12-17(15)29(31)32/h5-8,11-12H,4,9-10,13H2,1-3H3,(H,27,30). The minimum atomic E-state index is -0.593. The van der Waals surface area contributed by atoms with E-state index in [2.05, 4.69) is 17.1 Å². The summed E-state index contributed by atoms with van der Waals surface area (Å²) >= 11 is 3.08. The number of carbonyl (C=O) groups is 1. The zero-order chi connectivity index (χ0) is 25.4. The van der Waals surface area contributed by atoms with E-state index in [-0.39, 0.29) is 22.7 Å². The van der Waals surface area contributed by atoms with Crippen LogP contribution in [0.15, 0.2) is 36.4 Å². The molecule has 5 rings (SSSR count). The Morgan fingerprint density at radius 3 is 2.64 bits per heavy atom. The average Bonchev–Trinajstić information content (AvgIpc) is 3.47. The van der Waals surface area contributed by atoms with E-state index in [0.29, 0.717) is 5.00 Å². The van der Waals surface area contributed by atoms with Crippen LogP contribution in [-0.4, -0.2) is 48.0 Å². The number of nitro groups is 1. The second-order valence-corrected chi connectivity index (χ2v) is 10.4. The zero-order valence-corrected chi connectivity index (χ0v) is 21.6. The fourth-order valence-electron chi connectivity index (χ4n) is 4.39. The number of aromatic nitrogens is 1. The van der Waals surface area contributed by atoms with Crippen LogP contribution < -0.4 is 14.8 Å². The van der Waals surface area contributed by atoms with Gasteiger partial charge in [0, 0.05) is 29.6 Å². The summed E-state index contributed by atoms with van der Waals surface area (Å²) in [5.41, 5.74) is 2.53. The van der Waals surface area contributed by atoms with Gasteiger partial charge < -0.3 is 14.8 Å². The molecule has 2 aromatic carbocycles. The topological polar surface area (TPSA) is 107 Å². The van der Waals surface area contributed by atoms with Gasteiger partial charge in [-0.3, -0.25) is 19.8 Å². The van der Waals surface area contributed by atoms with Gasteiger partial charge in [-0.05, 0) is 30.7 Å². The molecule has 0 saturated carbocycles. The monoisotopic (exact) mass is 524 g/mol. The third-order valence-corrected chi connectivity index (χ3v) is 8.45. The molecule has 0 fully saturated rings. The van der Waals surface area contributed by atoms with Crippen molar-refractivity contribution in [3.05, 3.63) is 62.5 Å². The molecule has 11 heteroatoms. The number of thiazole rings is 1. The Kier molecular flexibility index (Phi) is 6.61. The molecule has 1 N–H and O–H groups in total. The van der Waals surface area contributed by atoms with Gasteiger partial charge in [-0.1, -0.05) is 19.1 Å². The lowest BCUT2D eigenvalue weighted by Gasteiger charge is -2.25. The smallest absolute Gasteiger partial charge is 0.286 e. The van der Waals surface area contributed by atoms with Crippen LogP contribution in [0.2, 0.25) is 0 Å². The van der Waals surface area contributed by atoms with E-state index in [4.69, 9.17) is 14.5 Å². The number of carbonyl (C=O) groups excluding carboxylic acids is 1. The van der Waals surface area contributed by atoms with Crippen LogP contribution in [0.25, 0.3) is 20.8 Å². The predicted molar refractivity (Wildman–Crippen MR) is 142 cm³/mol. The summed E-state index contributed by atoms with van der Waals surface area (Å²) in [5, 5.41) is 16.2. The number of anilines is 1. The molecule has 0 unspecified atom stereocenters. The molecule has 0 spiro atoms. The van der Waals surface area contributed by atoms with E-state index in [1.165, 1.54) is 48.1 Å². The van der Waals surface area contributed by atoms with Gasteiger partial charge in [0.2, 0.25) is 0 Å². The first kappa shape index (κ1) is 24.2. The fraction of sp³-hybridized carbons (Fsp3) is 0.280. The molecule has 1 aliphatic heterocycles. The number of ether oxygens (including phenoxy) is 2. The van der Waals surface area contributed by atoms with Gasteiger partial charge in [-0.2, -0.15) is 0 Å². The highest BCUT2D eigenvalue weighted by Gasteiger charge is 2.30. The molecule has 4 aromatic rings. The van der Waals surface area contributed by atoms with Crippen LogP contribution in [0.5, 0.6) is 11.5 Å². The molecule has 0 aliphatic carbocycles. The first-order chi connectivity index (χ1) is 17.4. The number of benzene rings is 2. The predicted octanol–water partition coefficient (Wildman–Crippen LogP) is 5.58. The maximum absolute atomic E-state index is 13.5. The van der Waals surface area contributed by atoms with Crippen LogP contribution in [0, 0.1) is 10.1 Å². The highest BCUT2D eigenvalue weighted by atomic mass is 32.1. The van der Waals surface area contributed by atoms with E-state index in [9.17, 15) is 14.9 Å². The van der Waals surface area contributed by atoms with Gasteiger partial charge in [0.05, 0.1) is 35.4 Å². The quantitative estimate of drug-likeness (QED) is 0.248. The van der Waals surface area contributed by atoms with Crippen LogP contribution in [0.4, 0.5) is 10.7 Å². The van der Waals surface area contributed by atoms with Crippen molar-refractivity contribution in [2.75, 3.05) is 32.6 Å². The van der Waals surface area contributed by atoms with Gasteiger partial charge in [-0.25, -0.2) is 4.98 Å². The Labute approximate surface area is 215 Å². The number of para-hydroxylation sites is 1. The first-order valence-electron chi connectivity index (χ1n) is 11.4. The fourth-order valence-corrected chi connectivity index (χ4v) is 6.79. The van der Waals surface area contributed by atoms with Crippen LogP contribution in [0.3, 0.4) is 0 Å². The number of thiophene rings is 1. The number of hydrogen-bond acceptors (Lipinski definition) is 9. The molecule has 0 radical (unpaired) electrons. The molecule has 0 saturated heterocycles. The largest absolute Gasteiger partial charge is 0.493 e. The molecule has 186 valence electrons. The third-order valence-electron chi connectivity index (χ3n) is 6.26. The number of rotatable bonds is 7. The summed E-state index contributed by atoms with van der Waals surface area (Å²) in [6.07, 6.45) is 0.845. The lowest BCUT2D eigenvalue weighted by Crippen LogP contribution is -2.29. The highest BCUT2D eigenvalue weighted by Crippen LogP contribution is 2.46. The number of fused-ring (bicyclic) bond motifs is 2. The summed E-state index contributed by atoms with van der Waals surface area (Å²) in [6, 6.07) is 10.5. The number of nitrogens with zero attached hydrogens (tertiary/aromatic N) is 3. The molecular weight excluding hydrogens is 500 g/mol. The molecule has 9 nitrogen and oxygen atoms in total. The minimum Gasteiger partial charge on any atom is -0.493 e. The molecule has 1 aliphatic rings. The van der Waals surface area contributed by atoms with Crippen molar-refractivity contribution >= 4 is 49.5 Å². The Bertz CT molecular complexity index is 1450. The lowest BCUT2D eigenvalue weighted by molar-refractivity contribution is -0.385. The highest BCUT2D eigenvalue weighted by molar-refractivity contribution is 7.23. The van der Waals surface area contributed by atoms with Crippen molar-refractivity contribution in [1.82, 2.24) is 9.88 Å². The SMILES string of the molecule is CCN1CCc2c(sc(NC(=O)c3cc(OC)c(OC)cc3[N+](=O)[O-])c2-c2nc3ccccc3s2)C1. The zero-order valence-electron chi connectivity index (χ0n) is 20.0. The van der Waals surface area contributed by atoms with Gasteiger partial charge >= 0.3 is 0 Å². The lowest BCUT2D eigenvalue weighted by atomic mass is 10.0. The van der Waals surface area contributed by atoms with Crippen LogP contribution in [-0.2, 0) is 13.0 Å². The van der Waals surface area contributed by atoms with Crippen molar-refractivity contribution < 1.29 is 19.2 Å². The summed E-state index contributed by atoms with van der Waals surface area (Å²) in [6.45, 7) is 4.78. The number of nitro benzene ring substituents is 1. The molecule has 0 bridgehead atoms. The first-order valence-corrected chi connectivity index (χ1v) is 13.0. The van der Waals surface area contributed by atoms with Gasteiger partial charge in [0.15, 0.2) is 11.5 Å². The van der Waals surface area contributed by atoms with Crippen molar-refractivity contribution in [3.8, 4) is 22.1 Å². The van der Waals surface area contributed by atoms with E-state index >= 15 is 0 Å². The Morgan fingerprint density at radius 2 is 1.94 bits per heavy atom. The van der Waals surface area contributed by atoms with E-state index < -0.39 is 10.8 Å². The maximum Gasteiger partial charge on any atom is 0.286 e. The van der Waals surface area contributed by atoms with Crippen molar-refractivity contribution in [3.63, 3.8) is 0 Å². The molecule has 2 aromatic heterocycles. The number of methoxy groups -OCH3 is 2. The van der Waals surface area contributed by atoms with Gasteiger partial charge in [0.1, 0.15) is 15.6 Å². The van der Waals surface area contributed by atoms with E-state index in [1.807, 2.05) is 24.3 Å². The van der Waals surface area contributed by atoms with Crippen molar-refractivity contribution in [1.29, 1.82) is 0 Å². The summed E-state index contributed by atoms with van der Waals surface area (Å²) in [5.74, 6) is -0.165. The van der Waals surface area contributed by atoms with Crippen molar-refractivity contribution in [2.45, 2.75) is 19.9 Å². The second-order valence-electron chi connectivity index (χ2n) is 8.25. The Balaban J connectivity index is 1.60. The molecular formula is C25H24N4O5S2. The van der Waals surface area contributed by atoms with Crippen molar-refractivity contribution in [2.24, 2.45) is 0 Å². The van der Waals surface area contributed by atoms with Gasteiger partial charge in [0.25, 0.3) is 11.6 Å². The van der Waals surface area contributed by atoms with E-state index in [1.54, 1.807) is 11.3 Å². The van der Waals surface area contributed by atoms with E-state index in [0.717, 1.165) is 46.8 Å². The maximum atomic E-state index is 13.5. The summed E-state index contributed by atoms with van der Waals surface area (Å²) in [4.78, 5) is 33.0. The molecule has 3 heterocycles. The number of likely N-dealkylation sites (N-methyl/N-ethyl adjacent to an activating group) is 1. The Hall–Kier alpha value is -3.54. The molecule has 0 atom stereocenters. The summed E-state index contributed by atoms with van der Waals surface area (Å²) < 4.78 is 11.5. The van der Waals surface area contributed by atoms with Crippen LogP contribution in [0.1, 0.15) is 27.7 Å². The van der Waals surface area contributed by atoms with Gasteiger partial charge in [-0.15, -0.1) is 22.7 Å². The molecule has 1 amide bonds.